The number of urea groups is 1. The number of alkyl halides is 1. The first-order valence-corrected chi connectivity index (χ1v) is 10.2. The third-order valence-corrected chi connectivity index (χ3v) is 8.40. The zero-order chi connectivity index (χ0) is 15.8. The van der Waals surface area contributed by atoms with E-state index in [1.54, 1.807) is 0 Å². The van der Waals surface area contributed by atoms with Gasteiger partial charge in [-0.05, 0) is 81.0 Å². The van der Waals surface area contributed by atoms with Gasteiger partial charge in [-0.25, -0.2) is 4.79 Å². The lowest BCUT2D eigenvalue weighted by molar-refractivity contribution is -0.160. The van der Waals surface area contributed by atoms with E-state index in [1.807, 2.05) is 0 Å². The van der Waals surface area contributed by atoms with Crippen molar-refractivity contribution in [3.8, 4) is 0 Å². The van der Waals surface area contributed by atoms with E-state index in [-0.39, 0.29) is 6.03 Å². The predicted octanol–water partition coefficient (Wildman–Crippen LogP) is 4.15. The third-order valence-electron chi connectivity index (χ3n) is 7.88. The molecule has 5 saturated carbocycles. The number of nitrogens with one attached hydrogen (secondary N) is 1. The Morgan fingerprint density at radius 3 is 2.39 bits per heavy atom. The Morgan fingerprint density at radius 2 is 1.78 bits per heavy atom. The van der Waals surface area contributed by atoms with Crippen molar-refractivity contribution in [3.63, 3.8) is 0 Å². The molecular weight excluding hydrogens is 308 g/mol. The number of carbonyl (C=O) groups excluding carboxylic acids is 1. The fourth-order valence-electron chi connectivity index (χ4n) is 6.62. The van der Waals surface area contributed by atoms with Gasteiger partial charge in [0.2, 0.25) is 0 Å². The minimum Gasteiger partial charge on any atom is -0.335 e. The van der Waals surface area contributed by atoms with Crippen LogP contribution in [-0.4, -0.2) is 34.4 Å². The summed E-state index contributed by atoms with van der Waals surface area (Å²) in [7, 11) is 0. The predicted molar refractivity (Wildman–Crippen MR) is 91.5 cm³/mol. The smallest absolute Gasteiger partial charge is 0.318 e. The van der Waals surface area contributed by atoms with Gasteiger partial charge in [0, 0.05) is 23.5 Å². The molecule has 0 aromatic carbocycles. The van der Waals surface area contributed by atoms with Crippen LogP contribution in [-0.2, 0) is 0 Å². The second kappa shape index (κ2) is 5.03. The molecule has 5 unspecified atom stereocenters. The Balaban J connectivity index is 1.20. The minimum atomic E-state index is 0.215. The van der Waals surface area contributed by atoms with E-state index < -0.39 is 0 Å². The number of fused-ring (bicyclic) bond motifs is 2. The Kier molecular flexibility index (Phi) is 3.25. The average Bonchev–Trinajstić information content (AvgIpc) is 2.38. The van der Waals surface area contributed by atoms with Crippen LogP contribution in [0, 0.1) is 23.2 Å². The monoisotopic (exact) mass is 336 g/mol. The highest BCUT2D eigenvalue weighted by Crippen LogP contribution is 2.70. The van der Waals surface area contributed by atoms with E-state index in [0.717, 1.165) is 31.1 Å². The molecule has 0 spiro atoms. The fourth-order valence-corrected chi connectivity index (χ4v) is 7.12. The number of amides is 2. The number of nitrogens with zero attached hydrogens (tertiary/aromatic N) is 1. The summed E-state index contributed by atoms with van der Waals surface area (Å²) < 4.78 is 0. The van der Waals surface area contributed by atoms with Crippen molar-refractivity contribution >= 4 is 17.6 Å². The molecule has 2 saturated heterocycles. The van der Waals surface area contributed by atoms with Gasteiger partial charge in [-0.15, -0.1) is 11.6 Å². The second-order valence-electron chi connectivity index (χ2n) is 9.45. The van der Waals surface area contributed by atoms with Gasteiger partial charge in [0.15, 0.2) is 0 Å². The number of hydrogen-bond acceptors (Lipinski definition) is 1. The lowest BCUT2D eigenvalue weighted by atomic mass is 9.39. The van der Waals surface area contributed by atoms with Gasteiger partial charge in [-0.2, -0.15) is 0 Å². The Bertz CT molecular complexity index is 494. The molecule has 0 aromatic rings. The Hall–Kier alpha value is -0.440. The highest BCUT2D eigenvalue weighted by Gasteiger charge is 2.62. The molecule has 0 aromatic heterocycles. The van der Waals surface area contributed by atoms with E-state index in [9.17, 15) is 4.79 Å². The molecule has 2 aliphatic heterocycles. The summed E-state index contributed by atoms with van der Waals surface area (Å²) in [5.41, 5.74) is 0.573. The third kappa shape index (κ3) is 2.18. The van der Waals surface area contributed by atoms with Crippen LogP contribution in [0.3, 0.4) is 0 Å². The molecule has 128 valence electrons. The van der Waals surface area contributed by atoms with E-state index in [0.29, 0.717) is 34.8 Å². The SMILES string of the molecule is CC1CC2C[C@@H](C1)N2C(=O)NC1CCC(Cl)C(C23CC(C2)C3)C1. The van der Waals surface area contributed by atoms with Crippen molar-refractivity contribution in [2.45, 2.75) is 88.2 Å². The maximum Gasteiger partial charge on any atom is 0.318 e. The maximum atomic E-state index is 12.7. The summed E-state index contributed by atoms with van der Waals surface area (Å²) >= 11 is 6.68. The van der Waals surface area contributed by atoms with Gasteiger partial charge >= 0.3 is 6.03 Å². The molecule has 7 fully saturated rings. The number of halogens is 1. The van der Waals surface area contributed by atoms with Crippen molar-refractivity contribution in [2.75, 3.05) is 0 Å². The first-order chi connectivity index (χ1) is 11.0. The molecule has 3 nitrogen and oxygen atoms in total. The van der Waals surface area contributed by atoms with Gasteiger partial charge < -0.3 is 10.2 Å². The molecule has 23 heavy (non-hydrogen) atoms. The lowest BCUT2D eigenvalue weighted by Gasteiger charge is -2.67. The van der Waals surface area contributed by atoms with Gasteiger partial charge in [-0.1, -0.05) is 6.92 Å². The van der Waals surface area contributed by atoms with E-state index >= 15 is 0 Å². The summed E-state index contributed by atoms with van der Waals surface area (Å²) in [5, 5.41) is 3.72. The van der Waals surface area contributed by atoms with Crippen molar-refractivity contribution in [1.29, 1.82) is 0 Å². The zero-order valence-corrected chi connectivity index (χ0v) is 14.9. The van der Waals surface area contributed by atoms with Crippen LogP contribution < -0.4 is 5.32 Å². The van der Waals surface area contributed by atoms with Crippen LogP contribution in [0.25, 0.3) is 0 Å². The molecule has 5 aliphatic carbocycles. The topological polar surface area (TPSA) is 32.3 Å². The molecule has 7 aliphatic rings. The quantitative estimate of drug-likeness (QED) is 0.755. The van der Waals surface area contributed by atoms with E-state index in [4.69, 9.17) is 11.6 Å². The number of hydrogen-bond donors (Lipinski definition) is 1. The molecule has 4 heteroatoms. The normalized spacial score (nSPS) is 53.7. The minimum absolute atomic E-state index is 0.215. The summed E-state index contributed by atoms with van der Waals surface area (Å²) in [4.78, 5) is 14.9. The second-order valence-corrected chi connectivity index (χ2v) is 10.0. The van der Waals surface area contributed by atoms with E-state index in [1.165, 1.54) is 38.5 Å². The molecule has 2 amide bonds. The number of piperidine rings is 1. The highest BCUT2D eigenvalue weighted by atomic mass is 35.5. The maximum absolute atomic E-state index is 12.7. The Morgan fingerprint density at radius 1 is 1.09 bits per heavy atom. The van der Waals surface area contributed by atoms with Crippen LogP contribution in [0.15, 0.2) is 0 Å². The van der Waals surface area contributed by atoms with Gasteiger partial charge in [-0.3, -0.25) is 0 Å². The largest absolute Gasteiger partial charge is 0.335 e. The molecule has 4 bridgehead atoms. The van der Waals surface area contributed by atoms with Crippen molar-refractivity contribution < 1.29 is 4.79 Å². The van der Waals surface area contributed by atoms with Crippen LogP contribution in [0.4, 0.5) is 4.79 Å². The first kappa shape index (κ1) is 14.9. The molecule has 1 N–H and O–H groups in total. The molecule has 6 atom stereocenters. The van der Waals surface area contributed by atoms with Crippen LogP contribution >= 0.6 is 11.6 Å². The summed E-state index contributed by atoms with van der Waals surface area (Å²) in [5.74, 6) is 2.45. The van der Waals surface area contributed by atoms with Crippen molar-refractivity contribution in [2.24, 2.45) is 23.2 Å². The molecule has 2 heterocycles. The zero-order valence-electron chi connectivity index (χ0n) is 14.1. The lowest BCUT2D eigenvalue weighted by Crippen LogP contribution is -2.66. The number of rotatable bonds is 2. The van der Waals surface area contributed by atoms with Crippen LogP contribution in [0.5, 0.6) is 0 Å². The molecular formula is C19H29ClN2O. The highest BCUT2D eigenvalue weighted by molar-refractivity contribution is 6.20. The van der Waals surface area contributed by atoms with Crippen LogP contribution in [0.2, 0.25) is 0 Å². The van der Waals surface area contributed by atoms with Gasteiger partial charge in [0.25, 0.3) is 0 Å². The van der Waals surface area contributed by atoms with Crippen molar-refractivity contribution in [1.82, 2.24) is 10.2 Å². The van der Waals surface area contributed by atoms with Crippen molar-refractivity contribution in [3.05, 3.63) is 0 Å². The van der Waals surface area contributed by atoms with E-state index in [2.05, 4.69) is 17.1 Å². The first-order valence-electron chi connectivity index (χ1n) is 9.77. The summed E-state index contributed by atoms with van der Waals surface area (Å²) in [6, 6.07) is 1.60. The average molecular weight is 337 g/mol. The fraction of sp³-hybridized carbons (Fsp3) is 0.947. The standard InChI is InChI=1S/C19H29ClN2O/c1-11-4-14-7-15(5-11)22(14)18(23)21-13-2-3-17(20)16(6-13)19-8-12(9-19)10-19/h11-17H,2-10H2,1H3,(H,21,23)/t11?,12?,13?,14-,15?,16?,17?,19?/m1/s1. The number of carbonyl (C=O) groups is 1. The molecule has 7 rings (SSSR count). The molecule has 0 radical (unpaired) electrons. The van der Waals surface area contributed by atoms with Crippen LogP contribution in [0.1, 0.15) is 64.7 Å². The summed E-state index contributed by atoms with van der Waals surface area (Å²) in [6.07, 6.45) is 11.1. The van der Waals surface area contributed by atoms with Gasteiger partial charge in [0.05, 0.1) is 0 Å². The Labute approximate surface area is 144 Å². The summed E-state index contributed by atoms with van der Waals surface area (Å²) in [6.45, 7) is 2.32. The van der Waals surface area contributed by atoms with Gasteiger partial charge in [0.1, 0.15) is 0 Å².